The molecule has 0 fully saturated rings. The highest BCUT2D eigenvalue weighted by Crippen LogP contribution is 2.20. The molecule has 0 N–H and O–H groups in total. The largest absolute Gasteiger partial charge is 0.291 e. The summed E-state index contributed by atoms with van der Waals surface area (Å²) in [6, 6.07) is 13.9. The van der Waals surface area contributed by atoms with Crippen LogP contribution in [0.4, 0.5) is 0 Å². The maximum Gasteiger partial charge on any atom is 0.278 e. The first-order chi connectivity index (χ1) is 10.6. The molecule has 3 rings (SSSR count). The first kappa shape index (κ1) is 14.2. The van der Waals surface area contributed by atoms with Gasteiger partial charge in [0.15, 0.2) is 12.4 Å². The molecular weight excluding hydrogens is 274 g/mol. The van der Waals surface area contributed by atoms with Crippen LogP contribution in [0.15, 0.2) is 65.5 Å². The molecule has 0 saturated carbocycles. The van der Waals surface area contributed by atoms with E-state index in [1.165, 1.54) is 0 Å². The Morgan fingerprint density at radius 2 is 1.82 bits per heavy atom. The van der Waals surface area contributed by atoms with Crippen LogP contribution in [0.1, 0.15) is 18.1 Å². The van der Waals surface area contributed by atoms with E-state index in [9.17, 15) is 4.79 Å². The molecule has 0 radical (unpaired) electrons. The van der Waals surface area contributed by atoms with Crippen LogP contribution in [-0.2, 0) is 18.4 Å². The first-order valence-corrected chi connectivity index (χ1v) is 7.21. The molecule has 0 atom stereocenters. The van der Waals surface area contributed by atoms with E-state index in [1.54, 1.807) is 4.90 Å². The van der Waals surface area contributed by atoms with Crippen LogP contribution < -0.4 is 4.57 Å². The maximum atomic E-state index is 12.5. The second kappa shape index (κ2) is 5.93. The predicted octanol–water partition coefficient (Wildman–Crippen LogP) is 2.31. The van der Waals surface area contributed by atoms with Crippen molar-refractivity contribution in [2.75, 3.05) is 0 Å². The normalized spacial score (nSPS) is 16.3. The number of aromatic nitrogens is 1. The third-order valence-corrected chi connectivity index (χ3v) is 3.63. The second-order valence-corrected chi connectivity index (χ2v) is 5.36. The number of amidine groups is 1. The number of aryl methyl sites for hydroxylation is 1. The zero-order valence-electron chi connectivity index (χ0n) is 12.7. The molecule has 1 aliphatic rings. The third kappa shape index (κ3) is 2.96. The first-order valence-electron chi connectivity index (χ1n) is 7.21. The lowest BCUT2D eigenvalue weighted by atomic mass is 10.2. The van der Waals surface area contributed by atoms with Gasteiger partial charge in [-0.3, -0.25) is 9.69 Å². The summed E-state index contributed by atoms with van der Waals surface area (Å²) in [5, 5.41) is 0. The van der Waals surface area contributed by atoms with E-state index >= 15 is 0 Å². The summed E-state index contributed by atoms with van der Waals surface area (Å²) in [6.07, 6.45) is 5.73. The summed E-state index contributed by atoms with van der Waals surface area (Å²) in [6.45, 7) is 2.42. The Balaban J connectivity index is 1.82. The van der Waals surface area contributed by atoms with Gasteiger partial charge in [0.05, 0.1) is 6.54 Å². The minimum absolute atomic E-state index is 0.0467. The minimum Gasteiger partial charge on any atom is -0.291 e. The lowest BCUT2D eigenvalue weighted by molar-refractivity contribution is -0.671. The quantitative estimate of drug-likeness (QED) is 0.632. The average molecular weight is 292 g/mol. The number of nitrogens with zero attached hydrogens (tertiary/aromatic N) is 3. The van der Waals surface area contributed by atoms with Crippen LogP contribution in [0.5, 0.6) is 0 Å². The molecule has 4 heteroatoms. The summed E-state index contributed by atoms with van der Waals surface area (Å²) < 4.78 is 1.95. The van der Waals surface area contributed by atoms with E-state index in [1.807, 2.05) is 79.5 Å². The Hall–Kier alpha value is -2.75. The minimum atomic E-state index is -0.0467. The fraction of sp³-hybridized carbons (Fsp3) is 0.167. The Labute approximate surface area is 130 Å². The molecule has 0 spiro atoms. The maximum absolute atomic E-state index is 12.5. The van der Waals surface area contributed by atoms with E-state index in [-0.39, 0.29) is 5.91 Å². The van der Waals surface area contributed by atoms with Gasteiger partial charge in [-0.05, 0) is 24.1 Å². The molecule has 4 nitrogen and oxygen atoms in total. The van der Waals surface area contributed by atoms with Crippen molar-refractivity contribution >= 4 is 17.8 Å². The highest BCUT2D eigenvalue weighted by molar-refractivity contribution is 6.13. The molecular formula is C18H18N3O+. The highest BCUT2D eigenvalue weighted by Gasteiger charge is 2.27. The number of hydrogen-bond acceptors (Lipinski definition) is 2. The standard InChI is InChI=1S/C18H18N3O/c1-14-19-17(12-15-8-10-20(2)11-9-15)18(22)21(14)13-16-6-4-3-5-7-16/h3-12H,13H2,1-2H3/q+1. The SMILES string of the molecule is CC1=N/C(=C\c2cc[n+](C)cc2)C(=O)N1Cc1ccccc1. The van der Waals surface area contributed by atoms with Gasteiger partial charge in [0.25, 0.3) is 5.91 Å². The summed E-state index contributed by atoms with van der Waals surface area (Å²) >= 11 is 0. The van der Waals surface area contributed by atoms with Gasteiger partial charge in [0.1, 0.15) is 18.6 Å². The van der Waals surface area contributed by atoms with Crippen molar-refractivity contribution in [2.24, 2.45) is 12.0 Å². The molecule has 110 valence electrons. The van der Waals surface area contributed by atoms with E-state index < -0.39 is 0 Å². The van der Waals surface area contributed by atoms with Gasteiger partial charge in [0, 0.05) is 12.1 Å². The molecule has 1 amide bonds. The molecule has 1 aromatic carbocycles. The Bertz CT molecular complexity index is 746. The Morgan fingerprint density at radius 1 is 1.14 bits per heavy atom. The molecule has 0 bridgehead atoms. The zero-order valence-corrected chi connectivity index (χ0v) is 12.7. The molecule has 1 aromatic heterocycles. The third-order valence-electron chi connectivity index (χ3n) is 3.63. The number of amides is 1. The summed E-state index contributed by atoms with van der Waals surface area (Å²) in [5.41, 5.74) is 2.56. The van der Waals surface area contributed by atoms with Crippen molar-refractivity contribution in [3.8, 4) is 0 Å². The Kier molecular flexibility index (Phi) is 3.83. The van der Waals surface area contributed by atoms with Gasteiger partial charge >= 0.3 is 0 Å². The van der Waals surface area contributed by atoms with Crippen LogP contribution in [-0.4, -0.2) is 16.6 Å². The van der Waals surface area contributed by atoms with E-state index in [0.717, 1.165) is 17.0 Å². The van der Waals surface area contributed by atoms with Crippen molar-refractivity contribution in [3.05, 3.63) is 71.7 Å². The number of pyridine rings is 1. The van der Waals surface area contributed by atoms with Crippen LogP contribution in [0, 0.1) is 0 Å². The summed E-state index contributed by atoms with van der Waals surface area (Å²) in [4.78, 5) is 18.7. The average Bonchev–Trinajstić information content (AvgIpc) is 2.78. The van der Waals surface area contributed by atoms with Gasteiger partial charge in [-0.25, -0.2) is 9.56 Å². The topological polar surface area (TPSA) is 36.6 Å². The van der Waals surface area contributed by atoms with E-state index in [0.29, 0.717) is 12.2 Å². The fourth-order valence-corrected chi connectivity index (χ4v) is 2.38. The van der Waals surface area contributed by atoms with Crippen molar-refractivity contribution in [1.82, 2.24) is 4.90 Å². The van der Waals surface area contributed by atoms with E-state index in [2.05, 4.69) is 4.99 Å². The molecule has 2 aromatic rings. The van der Waals surface area contributed by atoms with Crippen molar-refractivity contribution < 1.29 is 9.36 Å². The number of aliphatic imine (C=N–C) groups is 1. The van der Waals surface area contributed by atoms with Crippen LogP contribution in [0.3, 0.4) is 0 Å². The van der Waals surface area contributed by atoms with Crippen molar-refractivity contribution in [1.29, 1.82) is 0 Å². The van der Waals surface area contributed by atoms with Crippen LogP contribution >= 0.6 is 0 Å². The summed E-state index contributed by atoms with van der Waals surface area (Å²) in [5.74, 6) is 0.691. The number of carbonyl (C=O) groups excluding carboxylic acids is 1. The molecule has 0 aliphatic carbocycles. The predicted molar refractivity (Wildman–Crippen MR) is 85.7 cm³/mol. The Morgan fingerprint density at radius 3 is 2.50 bits per heavy atom. The number of hydrogen-bond donors (Lipinski definition) is 0. The molecule has 22 heavy (non-hydrogen) atoms. The number of benzene rings is 1. The smallest absolute Gasteiger partial charge is 0.278 e. The van der Waals surface area contributed by atoms with Gasteiger partial charge in [0.2, 0.25) is 0 Å². The molecule has 2 heterocycles. The van der Waals surface area contributed by atoms with Gasteiger partial charge in [-0.15, -0.1) is 0 Å². The van der Waals surface area contributed by atoms with Crippen LogP contribution in [0.2, 0.25) is 0 Å². The second-order valence-electron chi connectivity index (χ2n) is 5.36. The molecule has 0 saturated heterocycles. The highest BCUT2D eigenvalue weighted by atomic mass is 16.2. The van der Waals surface area contributed by atoms with Crippen molar-refractivity contribution in [2.45, 2.75) is 13.5 Å². The fourth-order valence-electron chi connectivity index (χ4n) is 2.38. The number of carbonyl (C=O) groups is 1. The zero-order chi connectivity index (χ0) is 15.5. The lowest BCUT2D eigenvalue weighted by Crippen LogP contribution is -2.29. The van der Waals surface area contributed by atoms with Crippen molar-refractivity contribution in [3.63, 3.8) is 0 Å². The monoisotopic (exact) mass is 292 g/mol. The van der Waals surface area contributed by atoms with Gasteiger partial charge in [-0.1, -0.05) is 30.3 Å². The summed E-state index contributed by atoms with van der Waals surface area (Å²) in [7, 11) is 1.96. The molecule has 0 unspecified atom stereocenters. The molecule has 1 aliphatic heterocycles. The van der Waals surface area contributed by atoms with Crippen LogP contribution in [0.25, 0.3) is 6.08 Å². The van der Waals surface area contributed by atoms with E-state index in [4.69, 9.17) is 0 Å². The number of rotatable bonds is 3. The van der Waals surface area contributed by atoms with Gasteiger partial charge in [-0.2, -0.15) is 0 Å². The van der Waals surface area contributed by atoms with Gasteiger partial charge < -0.3 is 0 Å². The lowest BCUT2D eigenvalue weighted by Gasteiger charge is -2.15.